The van der Waals surface area contributed by atoms with E-state index in [1.54, 1.807) is 6.20 Å². The molecule has 1 aliphatic rings. The number of nitrogens with zero attached hydrogens (tertiary/aromatic N) is 4. The Balaban J connectivity index is 1.98. The van der Waals surface area contributed by atoms with E-state index in [0.717, 1.165) is 17.3 Å². The molecular formula is C11H15N5. The molecule has 1 unspecified atom stereocenters. The van der Waals surface area contributed by atoms with E-state index in [0.29, 0.717) is 11.5 Å². The number of nitrogens with one attached hydrogen (secondary N) is 1. The molecule has 2 aromatic rings. The molecule has 0 saturated heterocycles. The number of hydrogen-bond donors (Lipinski definition) is 1. The van der Waals surface area contributed by atoms with Crippen LogP contribution in [0.4, 0.5) is 5.82 Å². The van der Waals surface area contributed by atoms with Crippen LogP contribution in [-0.4, -0.2) is 25.6 Å². The molecule has 1 atom stereocenters. The second-order valence-corrected chi connectivity index (χ2v) is 5.11. The third-order valence-electron chi connectivity index (χ3n) is 3.32. The number of hydrogen-bond acceptors (Lipinski definition) is 4. The van der Waals surface area contributed by atoms with Crippen molar-refractivity contribution in [1.29, 1.82) is 0 Å². The van der Waals surface area contributed by atoms with Gasteiger partial charge in [-0.15, -0.1) is 10.2 Å². The van der Waals surface area contributed by atoms with E-state index in [1.165, 1.54) is 6.42 Å². The molecule has 5 heteroatoms. The number of fused-ring (bicyclic) bond motifs is 1. The average Bonchev–Trinajstić information content (AvgIpc) is 2.67. The summed E-state index contributed by atoms with van der Waals surface area (Å²) in [6, 6.07) is 0.503. The van der Waals surface area contributed by atoms with Crippen LogP contribution in [0.1, 0.15) is 26.1 Å². The van der Waals surface area contributed by atoms with Gasteiger partial charge in [0.25, 0.3) is 0 Å². The first-order valence-corrected chi connectivity index (χ1v) is 5.51. The SMILES string of the molecule is Cc1nnc2c(NC3CC3(C)C)nccn12. The predicted octanol–water partition coefficient (Wildman–Crippen LogP) is 1.64. The second-order valence-electron chi connectivity index (χ2n) is 5.11. The van der Waals surface area contributed by atoms with Crippen molar-refractivity contribution < 1.29 is 0 Å². The Hall–Kier alpha value is -1.65. The van der Waals surface area contributed by atoms with E-state index in [4.69, 9.17) is 0 Å². The zero-order chi connectivity index (χ0) is 11.3. The maximum Gasteiger partial charge on any atom is 0.203 e. The van der Waals surface area contributed by atoms with E-state index in [-0.39, 0.29) is 0 Å². The molecule has 2 aromatic heterocycles. The molecule has 5 nitrogen and oxygen atoms in total. The van der Waals surface area contributed by atoms with Gasteiger partial charge in [0.2, 0.25) is 5.65 Å². The van der Waals surface area contributed by atoms with Crippen LogP contribution in [0.3, 0.4) is 0 Å². The number of aryl methyl sites for hydroxylation is 1. The van der Waals surface area contributed by atoms with E-state index in [1.807, 2.05) is 17.5 Å². The van der Waals surface area contributed by atoms with Gasteiger partial charge in [0, 0.05) is 18.4 Å². The van der Waals surface area contributed by atoms with Gasteiger partial charge in [-0.05, 0) is 18.8 Å². The smallest absolute Gasteiger partial charge is 0.203 e. The molecule has 16 heavy (non-hydrogen) atoms. The van der Waals surface area contributed by atoms with Crippen molar-refractivity contribution in [3.63, 3.8) is 0 Å². The highest BCUT2D eigenvalue weighted by molar-refractivity contribution is 5.63. The van der Waals surface area contributed by atoms with Crippen LogP contribution < -0.4 is 5.32 Å². The van der Waals surface area contributed by atoms with Crippen LogP contribution in [0.15, 0.2) is 12.4 Å². The van der Waals surface area contributed by atoms with Crippen molar-refractivity contribution in [2.45, 2.75) is 33.2 Å². The van der Waals surface area contributed by atoms with Crippen LogP contribution in [0, 0.1) is 12.3 Å². The molecule has 0 aromatic carbocycles. The van der Waals surface area contributed by atoms with Crippen molar-refractivity contribution in [1.82, 2.24) is 19.6 Å². The fourth-order valence-electron chi connectivity index (χ4n) is 1.92. The quantitative estimate of drug-likeness (QED) is 0.831. The number of rotatable bonds is 2. The van der Waals surface area contributed by atoms with E-state index >= 15 is 0 Å². The minimum absolute atomic E-state index is 0.379. The van der Waals surface area contributed by atoms with E-state index < -0.39 is 0 Å². The highest BCUT2D eigenvalue weighted by Crippen LogP contribution is 2.46. The Labute approximate surface area is 93.9 Å². The molecule has 0 aliphatic heterocycles. The van der Waals surface area contributed by atoms with Gasteiger partial charge in [-0.3, -0.25) is 4.40 Å². The normalized spacial score (nSPS) is 22.3. The van der Waals surface area contributed by atoms with Gasteiger partial charge < -0.3 is 5.32 Å². The van der Waals surface area contributed by atoms with E-state index in [9.17, 15) is 0 Å². The summed E-state index contributed by atoms with van der Waals surface area (Å²) in [4.78, 5) is 4.33. The van der Waals surface area contributed by atoms with Crippen LogP contribution >= 0.6 is 0 Å². The Morgan fingerprint density at radius 3 is 2.88 bits per heavy atom. The average molecular weight is 217 g/mol. The van der Waals surface area contributed by atoms with Gasteiger partial charge >= 0.3 is 0 Å². The third-order valence-corrected chi connectivity index (χ3v) is 3.32. The van der Waals surface area contributed by atoms with Crippen LogP contribution in [0.2, 0.25) is 0 Å². The van der Waals surface area contributed by atoms with Crippen LogP contribution in [0.25, 0.3) is 5.65 Å². The Kier molecular flexibility index (Phi) is 1.75. The largest absolute Gasteiger partial charge is 0.364 e. The van der Waals surface area contributed by atoms with Crippen LogP contribution in [0.5, 0.6) is 0 Å². The first-order chi connectivity index (χ1) is 7.58. The molecule has 84 valence electrons. The van der Waals surface area contributed by atoms with Crippen molar-refractivity contribution in [2.24, 2.45) is 5.41 Å². The lowest BCUT2D eigenvalue weighted by atomic mass is 10.2. The maximum atomic E-state index is 4.33. The van der Waals surface area contributed by atoms with Crippen molar-refractivity contribution in [3.8, 4) is 0 Å². The summed E-state index contributed by atoms with van der Waals surface area (Å²) < 4.78 is 1.95. The molecule has 1 N–H and O–H groups in total. The third kappa shape index (κ3) is 1.35. The minimum Gasteiger partial charge on any atom is -0.364 e. The lowest BCUT2D eigenvalue weighted by Crippen LogP contribution is -2.10. The summed E-state index contributed by atoms with van der Waals surface area (Å²) >= 11 is 0. The minimum atomic E-state index is 0.379. The van der Waals surface area contributed by atoms with Gasteiger partial charge in [0.15, 0.2) is 5.82 Å². The van der Waals surface area contributed by atoms with Gasteiger partial charge in [-0.1, -0.05) is 13.8 Å². The van der Waals surface area contributed by atoms with Gasteiger partial charge in [0.1, 0.15) is 5.82 Å². The van der Waals surface area contributed by atoms with Crippen LogP contribution in [-0.2, 0) is 0 Å². The van der Waals surface area contributed by atoms with Crippen molar-refractivity contribution >= 4 is 11.5 Å². The highest BCUT2D eigenvalue weighted by atomic mass is 15.3. The Bertz CT molecular complexity index is 542. The van der Waals surface area contributed by atoms with Gasteiger partial charge in [-0.2, -0.15) is 0 Å². The molecule has 0 radical (unpaired) electrons. The van der Waals surface area contributed by atoms with Gasteiger partial charge in [0.05, 0.1) is 0 Å². The Morgan fingerprint density at radius 2 is 2.19 bits per heavy atom. The zero-order valence-electron chi connectivity index (χ0n) is 9.73. The molecule has 1 saturated carbocycles. The fraction of sp³-hybridized carbons (Fsp3) is 0.545. The number of aromatic nitrogens is 4. The van der Waals surface area contributed by atoms with Gasteiger partial charge in [-0.25, -0.2) is 4.98 Å². The molecular weight excluding hydrogens is 202 g/mol. The monoisotopic (exact) mass is 217 g/mol. The summed E-state index contributed by atoms with van der Waals surface area (Å²) in [6.07, 6.45) is 4.85. The predicted molar refractivity (Wildman–Crippen MR) is 61.3 cm³/mol. The maximum absolute atomic E-state index is 4.33. The topological polar surface area (TPSA) is 55.1 Å². The Morgan fingerprint density at radius 1 is 1.44 bits per heavy atom. The highest BCUT2D eigenvalue weighted by Gasteiger charge is 2.46. The number of anilines is 1. The van der Waals surface area contributed by atoms with E-state index in [2.05, 4.69) is 34.3 Å². The lowest BCUT2D eigenvalue weighted by Gasteiger charge is -2.07. The molecule has 1 aliphatic carbocycles. The molecule has 0 bridgehead atoms. The van der Waals surface area contributed by atoms with Crippen molar-refractivity contribution in [2.75, 3.05) is 5.32 Å². The molecule has 1 fully saturated rings. The first-order valence-electron chi connectivity index (χ1n) is 5.51. The molecule has 0 spiro atoms. The first kappa shape index (κ1) is 9.57. The summed E-state index contributed by atoms with van der Waals surface area (Å²) in [7, 11) is 0. The lowest BCUT2D eigenvalue weighted by molar-refractivity contribution is 0.630. The summed E-state index contributed by atoms with van der Waals surface area (Å²) in [6.45, 7) is 6.44. The summed E-state index contributed by atoms with van der Waals surface area (Å²) in [5.41, 5.74) is 1.19. The zero-order valence-corrected chi connectivity index (χ0v) is 9.73. The summed E-state index contributed by atoms with van der Waals surface area (Å²) in [5.74, 6) is 1.72. The summed E-state index contributed by atoms with van der Waals surface area (Å²) in [5, 5.41) is 11.6. The fourth-order valence-corrected chi connectivity index (χ4v) is 1.92. The molecule has 2 heterocycles. The second kappa shape index (κ2) is 2.93. The molecule has 0 amide bonds. The standard InChI is InChI=1S/C11H15N5/c1-7-14-15-10-9(12-4-5-16(7)10)13-8-6-11(8,2)3/h4-5,8H,6H2,1-3H3,(H,12,13). The van der Waals surface area contributed by atoms with Crippen molar-refractivity contribution in [3.05, 3.63) is 18.2 Å². The molecule has 3 rings (SSSR count).